The predicted molar refractivity (Wildman–Crippen MR) is 191 cm³/mol. The first-order chi connectivity index (χ1) is 24.2. The summed E-state index contributed by atoms with van der Waals surface area (Å²) < 4.78 is 41.8. The number of fused-ring (bicyclic) bond motifs is 3. The second kappa shape index (κ2) is 13.5. The quantitative estimate of drug-likeness (QED) is 0.194. The molecule has 0 bridgehead atoms. The second-order valence-electron chi connectivity index (χ2n) is 13.3. The van der Waals surface area contributed by atoms with E-state index in [0.717, 1.165) is 77.2 Å². The third-order valence-electron chi connectivity index (χ3n) is 10.7. The molecule has 1 N–H and O–H groups in total. The van der Waals surface area contributed by atoms with Crippen molar-refractivity contribution in [3.63, 3.8) is 0 Å². The molecular weight excluding hydrogens is 636 g/mol. The minimum Gasteiger partial charge on any atom is -0.504 e. The lowest BCUT2D eigenvalue weighted by atomic mass is 9.76. The summed E-state index contributed by atoms with van der Waals surface area (Å²) in [7, 11) is 14.2. The fourth-order valence-corrected chi connectivity index (χ4v) is 8.06. The standard InChI is InChI=1S/C40H46N2O8/c1-41-11-9-22-15-30(43)32(44-3)19-26(22)28(41)14-25-18-33(45-4)35(47-6)21-31(25)50-36-17-24-13-29-38-23(10-12-42(29)2)16-37(48-7)40(49-8)39(38)27(24)20-34(36)46-5/h15-21,28-29,43H,9-14H2,1-8H3/t28-,29-/m0/s1. The van der Waals surface area contributed by atoms with Gasteiger partial charge in [-0.3, -0.25) is 9.80 Å². The molecule has 0 aromatic heterocycles. The van der Waals surface area contributed by atoms with Crippen molar-refractivity contribution in [3.8, 4) is 62.9 Å². The van der Waals surface area contributed by atoms with Crippen LogP contribution in [0.5, 0.6) is 51.7 Å². The number of benzene rings is 4. The Labute approximate surface area is 294 Å². The van der Waals surface area contributed by atoms with Crippen molar-refractivity contribution < 1.29 is 38.3 Å². The molecule has 2 heterocycles. The number of likely N-dealkylation sites (N-methyl/N-ethyl adjacent to an activating group) is 2. The fraction of sp³-hybridized carbons (Fsp3) is 0.400. The van der Waals surface area contributed by atoms with Gasteiger partial charge in [-0.1, -0.05) is 0 Å². The Hall–Kier alpha value is -4.80. The van der Waals surface area contributed by atoms with Crippen LogP contribution in [0.4, 0.5) is 0 Å². The summed E-state index contributed by atoms with van der Waals surface area (Å²) in [5.74, 6) is 5.09. The van der Waals surface area contributed by atoms with Crippen LogP contribution in [-0.4, -0.2) is 84.7 Å². The van der Waals surface area contributed by atoms with Gasteiger partial charge in [0, 0.05) is 42.4 Å². The maximum Gasteiger partial charge on any atom is 0.169 e. The van der Waals surface area contributed by atoms with Gasteiger partial charge in [-0.15, -0.1) is 0 Å². The molecule has 50 heavy (non-hydrogen) atoms. The lowest BCUT2D eigenvalue weighted by molar-refractivity contribution is 0.226. The van der Waals surface area contributed by atoms with E-state index >= 15 is 0 Å². The Morgan fingerprint density at radius 2 is 1.26 bits per heavy atom. The van der Waals surface area contributed by atoms with E-state index in [1.165, 1.54) is 11.1 Å². The molecule has 1 aliphatic carbocycles. The van der Waals surface area contributed by atoms with E-state index in [2.05, 4.69) is 42.1 Å². The largest absolute Gasteiger partial charge is 0.504 e. The van der Waals surface area contributed by atoms with Gasteiger partial charge in [0.25, 0.3) is 0 Å². The summed E-state index contributed by atoms with van der Waals surface area (Å²) in [5, 5.41) is 10.5. The summed E-state index contributed by atoms with van der Waals surface area (Å²) in [6, 6.07) is 14.2. The molecule has 7 rings (SSSR count). The average Bonchev–Trinajstić information content (AvgIpc) is 3.13. The van der Waals surface area contributed by atoms with E-state index in [-0.39, 0.29) is 17.8 Å². The van der Waals surface area contributed by atoms with Gasteiger partial charge in [0.15, 0.2) is 46.0 Å². The smallest absolute Gasteiger partial charge is 0.169 e. The van der Waals surface area contributed by atoms with Crippen LogP contribution in [0.25, 0.3) is 11.1 Å². The van der Waals surface area contributed by atoms with Crippen molar-refractivity contribution in [1.29, 1.82) is 0 Å². The normalized spacial score (nSPS) is 18.0. The Kier molecular flexibility index (Phi) is 9.09. The van der Waals surface area contributed by atoms with Crippen LogP contribution in [-0.2, 0) is 25.7 Å². The molecular formula is C40H46N2O8. The predicted octanol–water partition coefficient (Wildman–Crippen LogP) is 6.76. The highest BCUT2D eigenvalue weighted by molar-refractivity contribution is 5.85. The molecule has 0 unspecified atom stereocenters. The minimum atomic E-state index is -0.00545. The van der Waals surface area contributed by atoms with Crippen LogP contribution in [0.15, 0.2) is 42.5 Å². The highest BCUT2D eigenvalue weighted by Crippen LogP contribution is 2.54. The molecule has 0 amide bonds. The second-order valence-corrected chi connectivity index (χ2v) is 13.3. The van der Waals surface area contributed by atoms with Crippen LogP contribution < -0.4 is 33.2 Å². The highest BCUT2D eigenvalue weighted by atomic mass is 16.5. The molecule has 0 radical (unpaired) electrons. The number of hydrogen-bond acceptors (Lipinski definition) is 10. The minimum absolute atomic E-state index is 0.00545. The summed E-state index contributed by atoms with van der Waals surface area (Å²) in [5.41, 5.74) is 8.99. The summed E-state index contributed by atoms with van der Waals surface area (Å²) >= 11 is 0. The van der Waals surface area contributed by atoms with Gasteiger partial charge in [-0.25, -0.2) is 0 Å². The van der Waals surface area contributed by atoms with Crippen LogP contribution >= 0.6 is 0 Å². The zero-order chi connectivity index (χ0) is 35.3. The number of nitrogens with zero attached hydrogens (tertiary/aromatic N) is 2. The molecule has 10 nitrogen and oxygen atoms in total. The molecule has 10 heteroatoms. The lowest BCUT2D eigenvalue weighted by Gasteiger charge is -2.40. The maximum atomic E-state index is 10.5. The first-order valence-electron chi connectivity index (χ1n) is 16.9. The topological polar surface area (TPSA) is 91.3 Å². The SMILES string of the molecule is COc1cc2c(cc1O)CCN(C)[C@H]2Cc1cc(OC)c(OC)cc1Oc1cc2c(cc1OC)-c1c(OC)c(OC)cc3c1[C@H](C2)N(C)CC3. The monoisotopic (exact) mass is 682 g/mol. The van der Waals surface area contributed by atoms with Crippen molar-refractivity contribution in [2.75, 3.05) is 69.8 Å². The van der Waals surface area contributed by atoms with Gasteiger partial charge in [-0.05, 0) is 110 Å². The van der Waals surface area contributed by atoms with Crippen LogP contribution in [0.3, 0.4) is 0 Å². The van der Waals surface area contributed by atoms with E-state index in [4.69, 9.17) is 33.2 Å². The zero-order valence-electron chi connectivity index (χ0n) is 30.1. The van der Waals surface area contributed by atoms with E-state index in [1.807, 2.05) is 24.3 Å². The molecule has 0 saturated heterocycles. The first-order valence-corrected chi connectivity index (χ1v) is 16.9. The highest BCUT2D eigenvalue weighted by Gasteiger charge is 2.37. The van der Waals surface area contributed by atoms with E-state index in [0.29, 0.717) is 40.9 Å². The molecule has 264 valence electrons. The van der Waals surface area contributed by atoms with E-state index in [9.17, 15) is 5.11 Å². The summed E-state index contributed by atoms with van der Waals surface area (Å²) in [6.45, 7) is 1.80. The van der Waals surface area contributed by atoms with E-state index in [1.54, 1.807) is 42.7 Å². The molecule has 3 aliphatic rings. The zero-order valence-corrected chi connectivity index (χ0v) is 30.1. The lowest BCUT2D eigenvalue weighted by Crippen LogP contribution is -2.35. The van der Waals surface area contributed by atoms with Gasteiger partial charge in [0.2, 0.25) is 0 Å². The summed E-state index contributed by atoms with van der Waals surface area (Å²) in [6.07, 6.45) is 3.21. The molecule has 2 aliphatic heterocycles. The Morgan fingerprint density at radius 1 is 0.620 bits per heavy atom. The Balaban J connectivity index is 1.34. The van der Waals surface area contributed by atoms with Crippen LogP contribution in [0.1, 0.15) is 45.5 Å². The number of aromatic hydroxyl groups is 1. The summed E-state index contributed by atoms with van der Waals surface area (Å²) in [4.78, 5) is 4.75. The first kappa shape index (κ1) is 33.7. The fourth-order valence-electron chi connectivity index (χ4n) is 8.06. The third-order valence-corrected chi connectivity index (χ3v) is 10.7. The number of rotatable bonds is 10. The number of phenolic OH excluding ortho intramolecular Hbond substituents is 1. The van der Waals surface area contributed by atoms with Gasteiger partial charge in [0.1, 0.15) is 5.75 Å². The Morgan fingerprint density at radius 3 is 1.96 bits per heavy atom. The third kappa shape index (κ3) is 5.60. The van der Waals surface area contributed by atoms with Gasteiger partial charge in [0.05, 0.1) is 42.7 Å². The van der Waals surface area contributed by atoms with E-state index < -0.39 is 0 Å². The van der Waals surface area contributed by atoms with Crippen molar-refractivity contribution in [2.45, 2.75) is 37.8 Å². The van der Waals surface area contributed by atoms with Crippen molar-refractivity contribution in [1.82, 2.24) is 9.80 Å². The number of ether oxygens (including phenoxy) is 7. The molecule has 0 fully saturated rings. The number of phenols is 1. The van der Waals surface area contributed by atoms with Crippen LogP contribution in [0, 0.1) is 0 Å². The van der Waals surface area contributed by atoms with Crippen LogP contribution in [0.2, 0.25) is 0 Å². The van der Waals surface area contributed by atoms with Crippen molar-refractivity contribution >= 4 is 0 Å². The molecule has 4 aromatic rings. The maximum absolute atomic E-state index is 10.5. The molecule has 0 spiro atoms. The molecule has 2 atom stereocenters. The molecule has 0 saturated carbocycles. The van der Waals surface area contributed by atoms with Gasteiger partial charge < -0.3 is 38.3 Å². The van der Waals surface area contributed by atoms with Gasteiger partial charge >= 0.3 is 0 Å². The van der Waals surface area contributed by atoms with Crippen molar-refractivity contribution in [3.05, 3.63) is 75.8 Å². The van der Waals surface area contributed by atoms with Gasteiger partial charge in [-0.2, -0.15) is 0 Å². The molecule has 4 aromatic carbocycles. The average molecular weight is 683 g/mol. The number of hydrogen-bond donors (Lipinski definition) is 1. The number of methoxy groups -OCH3 is 6. The Bertz CT molecular complexity index is 1940. The van der Waals surface area contributed by atoms with Crippen molar-refractivity contribution in [2.24, 2.45) is 0 Å².